The standard InChI is InChI=1S/C16H15NO5S/c1-21-12(16(19)20)7-17-15(18)13-6-9-8-22-11-5-3-2-4-10(11)14(9)23-13/h2-6,12H,7-8H2,1H3,(H,17,18)(H,19,20). The van der Waals surface area contributed by atoms with Crippen molar-refractivity contribution in [2.24, 2.45) is 0 Å². The zero-order chi connectivity index (χ0) is 16.4. The molecule has 0 saturated carbocycles. The van der Waals surface area contributed by atoms with Gasteiger partial charge in [0.1, 0.15) is 12.4 Å². The molecule has 7 heteroatoms. The first-order valence-electron chi connectivity index (χ1n) is 6.99. The average molecular weight is 333 g/mol. The van der Waals surface area contributed by atoms with E-state index in [1.807, 2.05) is 24.3 Å². The number of ether oxygens (including phenoxy) is 2. The molecule has 0 spiro atoms. The van der Waals surface area contributed by atoms with Gasteiger partial charge in [0.05, 0.1) is 11.4 Å². The van der Waals surface area contributed by atoms with E-state index >= 15 is 0 Å². The first kappa shape index (κ1) is 15.5. The van der Waals surface area contributed by atoms with Gasteiger partial charge in [0, 0.05) is 23.1 Å². The number of fused-ring (bicyclic) bond motifs is 3. The summed E-state index contributed by atoms with van der Waals surface area (Å²) in [4.78, 5) is 24.6. The van der Waals surface area contributed by atoms with Crippen molar-refractivity contribution in [3.05, 3.63) is 40.8 Å². The van der Waals surface area contributed by atoms with Gasteiger partial charge in [0.2, 0.25) is 0 Å². The molecule has 3 rings (SSSR count). The van der Waals surface area contributed by atoms with E-state index in [2.05, 4.69) is 5.32 Å². The number of carboxylic acids is 1. The molecular formula is C16H15NO5S. The molecule has 0 fully saturated rings. The van der Waals surface area contributed by atoms with Crippen molar-refractivity contribution in [1.29, 1.82) is 0 Å². The molecule has 2 N–H and O–H groups in total. The van der Waals surface area contributed by atoms with Gasteiger partial charge in [-0.25, -0.2) is 4.79 Å². The van der Waals surface area contributed by atoms with Crippen LogP contribution in [0.15, 0.2) is 30.3 Å². The summed E-state index contributed by atoms with van der Waals surface area (Å²) in [6.07, 6.45) is -1.06. The maximum absolute atomic E-state index is 12.2. The number of hydrogen-bond acceptors (Lipinski definition) is 5. The fourth-order valence-corrected chi connectivity index (χ4v) is 3.47. The van der Waals surface area contributed by atoms with Crippen molar-refractivity contribution in [3.63, 3.8) is 0 Å². The monoisotopic (exact) mass is 333 g/mol. The van der Waals surface area contributed by atoms with Gasteiger partial charge in [-0.05, 0) is 18.2 Å². The predicted molar refractivity (Wildman–Crippen MR) is 84.9 cm³/mol. The Kier molecular flexibility index (Phi) is 4.31. The molecule has 6 nitrogen and oxygen atoms in total. The normalized spacial score (nSPS) is 13.4. The molecule has 1 aromatic carbocycles. The number of hydrogen-bond donors (Lipinski definition) is 2. The van der Waals surface area contributed by atoms with E-state index < -0.39 is 12.1 Å². The lowest BCUT2D eigenvalue weighted by atomic mass is 10.1. The largest absolute Gasteiger partial charge is 0.488 e. The van der Waals surface area contributed by atoms with Crippen LogP contribution in [0.3, 0.4) is 0 Å². The van der Waals surface area contributed by atoms with Crippen molar-refractivity contribution in [1.82, 2.24) is 5.32 Å². The Hall–Kier alpha value is -2.38. The second-order valence-electron chi connectivity index (χ2n) is 5.02. The first-order valence-corrected chi connectivity index (χ1v) is 7.80. The molecule has 0 radical (unpaired) electrons. The van der Waals surface area contributed by atoms with Gasteiger partial charge in [-0.1, -0.05) is 12.1 Å². The molecule has 1 amide bonds. The number of amides is 1. The van der Waals surface area contributed by atoms with E-state index in [0.717, 1.165) is 21.8 Å². The minimum absolute atomic E-state index is 0.0830. The number of nitrogens with one attached hydrogen (secondary N) is 1. The maximum atomic E-state index is 12.2. The lowest BCUT2D eigenvalue weighted by Crippen LogP contribution is -2.37. The van der Waals surface area contributed by atoms with Crippen LogP contribution in [0.2, 0.25) is 0 Å². The highest BCUT2D eigenvalue weighted by Gasteiger charge is 2.23. The zero-order valence-corrected chi connectivity index (χ0v) is 13.2. The van der Waals surface area contributed by atoms with Crippen molar-refractivity contribution in [3.8, 4) is 16.2 Å². The molecule has 1 aliphatic rings. The van der Waals surface area contributed by atoms with E-state index in [1.54, 1.807) is 6.07 Å². The third kappa shape index (κ3) is 3.06. The minimum atomic E-state index is -1.11. The average Bonchev–Trinajstić information content (AvgIpc) is 2.99. The Bertz CT molecular complexity index is 755. The van der Waals surface area contributed by atoms with Crippen LogP contribution in [0.4, 0.5) is 0 Å². The summed E-state index contributed by atoms with van der Waals surface area (Å²) in [5.74, 6) is -0.620. The van der Waals surface area contributed by atoms with Crippen molar-refractivity contribution >= 4 is 23.2 Å². The molecule has 0 aliphatic carbocycles. The van der Waals surface area contributed by atoms with E-state index in [4.69, 9.17) is 14.6 Å². The van der Waals surface area contributed by atoms with Gasteiger partial charge >= 0.3 is 5.97 Å². The third-order valence-electron chi connectivity index (χ3n) is 3.56. The Morgan fingerprint density at radius 2 is 2.22 bits per heavy atom. The summed E-state index contributed by atoms with van der Waals surface area (Å²) in [5, 5.41) is 11.5. The predicted octanol–water partition coefficient (Wildman–Crippen LogP) is 2.14. The molecule has 23 heavy (non-hydrogen) atoms. The molecule has 1 aromatic heterocycles. The van der Waals surface area contributed by atoms with E-state index in [-0.39, 0.29) is 12.5 Å². The number of methoxy groups -OCH3 is 1. The summed E-state index contributed by atoms with van der Waals surface area (Å²) in [7, 11) is 1.29. The number of carboxylic acid groups (broad SMARTS) is 1. The van der Waals surface area contributed by atoms with Crippen molar-refractivity contribution < 1.29 is 24.2 Å². The van der Waals surface area contributed by atoms with E-state index in [0.29, 0.717) is 11.5 Å². The molecule has 0 bridgehead atoms. The highest BCUT2D eigenvalue weighted by atomic mass is 32.1. The van der Waals surface area contributed by atoms with Gasteiger partial charge in [0.15, 0.2) is 6.10 Å². The Morgan fingerprint density at radius 3 is 2.96 bits per heavy atom. The second kappa shape index (κ2) is 6.39. The Morgan fingerprint density at radius 1 is 1.43 bits per heavy atom. The van der Waals surface area contributed by atoms with Crippen LogP contribution in [0.25, 0.3) is 10.4 Å². The Balaban J connectivity index is 1.77. The number of rotatable bonds is 5. The first-order chi connectivity index (χ1) is 11.1. The fraction of sp³-hybridized carbons (Fsp3) is 0.250. The van der Waals surface area contributed by atoms with Crippen LogP contribution >= 0.6 is 11.3 Å². The number of para-hydroxylation sites is 1. The number of carbonyl (C=O) groups is 2. The SMILES string of the molecule is COC(CNC(=O)c1cc2c(s1)-c1ccccc1OC2)C(=O)O. The molecule has 120 valence electrons. The molecule has 1 unspecified atom stereocenters. The number of aliphatic carboxylic acids is 1. The molecule has 2 aromatic rings. The zero-order valence-electron chi connectivity index (χ0n) is 12.4. The summed E-state index contributed by atoms with van der Waals surface area (Å²) in [6, 6.07) is 9.47. The maximum Gasteiger partial charge on any atom is 0.334 e. The molecular weight excluding hydrogens is 318 g/mol. The number of benzene rings is 1. The van der Waals surface area contributed by atoms with Crippen molar-refractivity contribution in [2.45, 2.75) is 12.7 Å². The van der Waals surface area contributed by atoms with Gasteiger partial charge in [-0.3, -0.25) is 4.79 Å². The molecule has 1 aliphatic heterocycles. The lowest BCUT2D eigenvalue weighted by Gasteiger charge is -2.16. The quantitative estimate of drug-likeness (QED) is 0.876. The van der Waals surface area contributed by atoms with Crippen molar-refractivity contribution in [2.75, 3.05) is 13.7 Å². The second-order valence-corrected chi connectivity index (χ2v) is 6.07. The minimum Gasteiger partial charge on any atom is -0.488 e. The molecule has 2 heterocycles. The van der Waals surface area contributed by atoms with Crippen LogP contribution in [-0.2, 0) is 16.1 Å². The summed E-state index contributed by atoms with van der Waals surface area (Å²) >= 11 is 1.37. The highest BCUT2D eigenvalue weighted by Crippen LogP contribution is 2.42. The van der Waals surface area contributed by atoms with Crippen LogP contribution in [-0.4, -0.2) is 36.7 Å². The van der Waals surface area contributed by atoms with Gasteiger partial charge < -0.3 is 19.9 Å². The topological polar surface area (TPSA) is 84.9 Å². The van der Waals surface area contributed by atoms with Gasteiger partial charge in [-0.15, -0.1) is 11.3 Å². The van der Waals surface area contributed by atoms with Gasteiger partial charge in [0.25, 0.3) is 5.91 Å². The number of thiophene rings is 1. The summed E-state index contributed by atoms with van der Waals surface area (Å²) in [5.41, 5.74) is 1.93. The number of carbonyl (C=O) groups excluding carboxylic acids is 1. The summed E-state index contributed by atoms with van der Waals surface area (Å²) in [6.45, 7) is 0.340. The van der Waals surface area contributed by atoms with Gasteiger partial charge in [-0.2, -0.15) is 0 Å². The van der Waals surface area contributed by atoms with Crippen LogP contribution in [0, 0.1) is 0 Å². The van der Waals surface area contributed by atoms with Crippen LogP contribution in [0.5, 0.6) is 5.75 Å². The smallest absolute Gasteiger partial charge is 0.334 e. The Labute approximate surface area is 136 Å². The highest BCUT2D eigenvalue weighted by molar-refractivity contribution is 7.17. The molecule has 0 saturated heterocycles. The fourth-order valence-electron chi connectivity index (χ4n) is 2.36. The third-order valence-corrected chi connectivity index (χ3v) is 4.77. The molecule has 1 atom stereocenters. The lowest BCUT2D eigenvalue weighted by molar-refractivity contribution is -0.148. The van der Waals surface area contributed by atoms with E-state index in [9.17, 15) is 9.59 Å². The van der Waals surface area contributed by atoms with Crippen LogP contribution < -0.4 is 10.1 Å². The van der Waals surface area contributed by atoms with E-state index in [1.165, 1.54) is 18.4 Å². The van der Waals surface area contributed by atoms with Crippen LogP contribution in [0.1, 0.15) is 15.2 Å². The summed E-state index contributed by atoms with van der Waals surface area (Å²) < 4.78 is 10.5.